The molecule has 0 bridgehead atoms. The lowest BCUT2D eigenvalue weighted by atomic mass is 10.1. The van der Waals surface area contributed by atoms with E-state index in [1.807, 2.05) is 34.4 Å². The molecule has 0 aliphatic carbocycles. The average Bonchev–Trinajstić information content (AvgIpc) is 3.77. The zero-order chi connectivity index (χ0) is 34.6. The van der Waals surface area contributed by atoms with E-state index in [1.165, 1.54) is 0 Å². The molecule has 0 N–H and O–H groups in total. The second kappa shape index (κ2) is 15.4. The number of fused-ring (bicyclic) bond motifs is 4. The van der Waals surface area contributed by atoms with Crippen LogP contribution in [0.1, 0.15) is 79.0 Å². The lowest BCUT2D eigenvalue weighted by Gasteiger charge is -2.39. The van der Waals surface area contributed by atoms with Gasteiger partial charge in [0.25, 0.3) is 11.8 Å². The molecule has 0 saturated carbocycles. The van der Waals surface area contributed by atoms with Crippen molar-refractivity contribution in [3.05, 3.63) is 35.4 Å². The number of hydrogen-bond acceptors (Lipinski definition) is 10. The first-order valence-electron chi connectivity index (χ1n) is 18.4. The van der Waals surface area contributed by atoms with Gasteiger partial charge in [-0.15, -0.1) is 0 Å². The number of ether oxygens (including phenoxy) is 4. The Bertz CT molecular complexity index is 1620. The van der Waals surface area contributed by atoms with Crippen molar-refractivity contribution in [1.29, 1.82) is 0 Å². The molecule has 12 heteroatoms. The quantitative estimate of drug-likeness (QED) is 0.261. The van der Waals surface area contributed by atoms with Crippen LogP contribution in [0.15, 0.2) is 34.3 Å². The maximum absolute atomic E-state index is 13.3. The van der Waals surface area contributed by atoms with Gasteiger partial charge in [-0.05, 0) is 63.6 Å². The Balaban J connectivity index is 0.902. The Hall–Kier alpha value is -4.16. The second-order valence-electron chi connectivity index (χ2n) is 13.8. The van der Waals surface area contributed by atoms with E-state index in [-0.39, 0.29) is 30.1 Å². The summed E-state index contributed by atoms with van der Waals surface area (Å²) >= 11 is 0. The molecule has 3 fully saturated rings. The molecule has 2 amide bonds. The SMILES string of the molecule is CCCC(Oc1cc2c(cc1OC)C(=O)N1CCC[C@H]1C=N2)N1CCN(CCCCOc2cc3c(cc2OC)C(=O)N2CCC[C@H]2C=N3)CC1. The van der Waals surface area contributed by atoms with E-state index in [0.717, 1.165) is 97.2 Å². The van der Waals surface area contributed by atoms with Crippen molar-refractivity contribution in [2.45, 2.75) is 76.6 Å². The third kappa shape index (κ3) is 7.05. The van der Waals surface area contributed by atoms with Crippen molar-refractivity contribution in [3.8, 4) is 23.0 Å². The van der Waals surface area contributed by atoms with E-state index < -0.39 is 0 Å². The molecule has 2 aromatic rings. The lowest BCUT2D eigenvalue weighted by Crippen LogP contribution is -2.52. The van der Waals surface area contributed by atoms with Crippen LogP contribution in [-0.4, -0.2) is 129 Å². The van der Waals surface area contributed by atoms with Gasteiger partial charge in [-0.2, -0.15) is 0 Å². The first kappa shape index (κ1) is 34.3. The molecule has 3 saturated heterocycles. The third-order valence-electron chi connectivity index (χ3n) is 10.7. The number of rotatable bonds is 13. The standard InChI is InChI=1S/C38H50N6O6/c1-4-9-36(50-35-23-31-29(21-33(35)48-3)38(46)44-14-8-11-27(44)25-40-31)42-17-15-41(16-18-42)12-5-6-19-49-34-22-30-28(20-32(34)47-2)37(45)43-13-7-10-26(43)24-39-30/h20-27,36H,4-19H2,1-3H3/t26-,27-,36?/m0/s1. The van der Waals surface area contributed by atoms with Crippen LogP contribution in [0.3, 0.4) is 0 Å². The Morgan fingerprint density at radius 2 is 1.32 bits per heavy atom. The van der Waals surface area contributed by atoms with Gasteiger partial charge in [0.15, 0.2) is 29.2 Å². The summed E-state index contributed by atoms with van der Waals surface area (Å²) < 4.78 is 24.2. The number of hydrogen-bond donors (Lipinski definition) is 0. The third-order valence-corrected chi connectivity index (χ3v) is 10.7. The molecule has 0 radical (unpaired) electrons. The number of unbranched alkanes of at least 4 members (excludes halogenated alkanes) is 1. The number of amides is 2. The summed E-state index contributed by atoms with van der Waals surface area (Å²) in [5.74, 6) is 2.41. The highest BCUT2D eigenvalue weighted by Gasteiger charge is 2.34. The van der Waals surface area contributed by atoms with Crippen molar-refractivity contribution < 1.29 is 28.5 Å². The number of aliphatic imine (C=N–C) groups is 2. The topological polar surface area (TPSA) is 109 Å². The van der Waals surface area contributed by atoms with Crippen LogP contribution in [0.2, 0.25) is 0 Å². The summed E-state index contributed by atoms with van der Waals surface area (Å²) in [5.41, 5.74) is 2.44. The van der Waals surface area contributed by atoms with Gasteiger partial charge >= 0.3 is 0 Å². The Morgan fingerprint density at radius 1 is 0.740 bits per heavy atom. The smallest absolute Gasteiger partial charge is 0.256 e. The van der Waals surface area contributed by atoms with Gasteiger partial charge in [0, 0.05) is 63.8 Å². The Morgan fingerprint density at radius 3 is 1.90 bits per heavy atom. The van der Waals surface area contributed by atoms with Gasteiger partial charge in [-0.25, -0.2) is 0 Å². The minimum atomic E-state index is -0.0941. The number of carbonyl (C=O) groups is 2. The van der Waals surface area contributed by atoms with E-state index in [4.69, 9.17) is 23.9 Å². The number of carbonyl (C=O) groups excluding carboxylic acids is 2. The summed E-state index contributed by atoms with van der Waals surface area (Å²) in [4.78, 5) is 44.6. The summed E-state index contributed by atoms with van der Waals surface area (Å²) in [6.45, 7) is 9.00. The lowest BCUT2D eigenvalue weighted by molar-refractivity contribution is -0.0145. The molecule has 5 heterocycles. The molecule has 0 spiro atoms. The Kier molecular flexibility index (Phi) is 10.6. The average molecular weight is 687 g/mol. The summed E-state index contributed by atoms with van der Waals surface area (Å²) in [7, 11) is 3.23. The van der Waals surface area contributed by atoms with Crippen LogP contribution >= 0.6 is 0 Å². The molecule has 5 aliphatic rings. The fraction of sp³-hybridized carbons (Fsp3) is 0.579. The van der Waals surface area contributed by atoms with Crippen LogP contribution < -0.4 is 18.9 Å². The predicted molar refractivity (Wildman–Crippen MR) is 192 cm³/mol. The molecule has 268 valence electrons. The molecule has 1 unspecified atom stereocenters. The van der Waals surface area contributed by atoms with Gasteiger partial charge < -0.3 is 33.6 Å². The molecular formula is C38H50N6O6. The molecule has 12 nitrogen and oxygen atoms in total. The van der Waals surface area contributed by atoms with Crippen molar-refractivity contribution in [3.63, 3.8) is 0 Å². The second-order valence-corrected chi connectivity index (χ2v) is 13.8. The zero-order valence-corrected chi connectivity index (χ0v) is 29.6. The van der Waals surface area contributed by atoms with Gasteiger partial charge in [0.1, 0.15) is 0 Å². The molecular weight excluding hydrogens is 636 g/mol. The van der Waals surface area contributed by atoms with Crippen LogP contribution in [-0.2, 0) is 0 Å². The van der Waals surface area contributed by atoms with Gasteiger partial charge in [-0.1, -0.05) is 13.3 Å². The van der Waals surface area contributed by atoms with E-state index >= 15 is 0 Å². The van der Waals surface area contributed by atoms with E-state index in [1.54, 1.807) is 26.4 Å². The maximum atomic E-state index is 13.3. The first-order chi connectivity index (χ1) is 24.5. The first-order valence-corrected chi connectivity index (χ1v) is 18.4. The number of benzene rings is 2. The van der Waals surface area contributed by atoms with Gasteiger partial charge in [-0.3, -0.25) is 24.5 Å². The fourth-order valence-electron chi connectivity index (χ4n) is 7.82. The molecule has 0 aromatic heterocycles. The van der Waals surface area contributed by atoms with Gasteiger partial charge in [0.05, 0.1) is 55.4 Å². The summed E-state index contributed by atoms with van der Waals surface area (Å²) in [6, 6.07) is 7.43. The normalized spacial score (nSPS) is 22.4. The van der Waals surface area contributed by atoms with E-state index in [0.29, 0.717) is 52.1 Å². The molecule has 7 rings (SSSR count). The number of methoxy groups -OCH3 is 2. The highest BCUT2D eigenvalue weighted by Crippen LogP contribution is 2.40. The molecule has 3 atom stereocenters. The highest BCUT2D eigenvalue weighted by molar-refractivity contribution is 6.04. The summed E-state index contributed by atoms with van der Waals surface area (Å²) in [5, 5.41) is 0. The minimum Gasteiger partial charge on any atom is -0.493 e. The van der Waals surface area contributed by atoms with Crippen LogP contribution in [0.5, 0.6) is 23.0 Å². The van der Waals surface area contributed by atoms with Crippen molar-refractivity contribution >= 4 is 35.6 Å². The van der Waals surface area contributed by atoms with Crippen LogP contribution in [0.4, 0.5) is 11.4 Å². The fourth-order valence-corrected chi connectivity index (χ4v) is 7.82. The molecule has 50 heavy (non-hydrogen) atoms. The molecule has 5 aliphatic heterocycles. The van der Waals surface area contributed by atoms with Crippen molar-refractivity contribution in [2.24, 2.45) is 9.98 Å². The van der Waals surface area contributed by atoms with Crippen LogP contribution in [0, 0.1) is 0 Å². The van der Waals surface area contributed by atoms with E-state index in [9.17, 15) is 9.59 Å². The maximum Gasteiger partial charge on any atom is 0.256 e. The van der Waals surface area contributed by atoms with Gasteiger partial charge in [0.2, 0.25) is 0 Å². The largest absolute Gasteiger partial charge is 0.493 e. The molecule has 2 aromatic carbocycles. The van der Waals surface area contributed by atoms with Crippen molar-refractivity contribution in [1.82, 2.24) is 19.6 Å². The zero-order valence-electron chi connectivity index (χ0n) is 29.6. The van der Waals surface area contributed by atoms with Crippen LogP contribution in [0.25, 0.3) is 0 Å². The Labute approximate surface area is 295 Å². The number of nitrogens with zero attached hydrogens (tertiary/aromatic N) is 6. The van der Waals surface area contributed by atoms with E-state index in [2.05, 4.69) is 21.7 Å². The number of piperazine rings is 1. The summed E-state index contributed by atoms with van der Waals surface area (Å²) in [6.07, 6.45) is 11.4. The van der Waals surface area contributed by atoms with Crippen molar-refractivity contribution in [2.75, 3.05) is 66.6 Å². The monoisotopic (exact) mass is 686 g/mol. The highest BCUT2D eigenvalue weighted by atomic mass is 16.5. The predicted octanol–water partition coefficient (Wildman–Crippen LogP) is 5.33. The minimum absolute atomic E-state index is 0.0129.